The Hall–Kier alpha value is -2.18. The van der Waals surface area contributed by atoms with Crippen molar-refractivity contribution < 1.29 is 19.0 Å². The van der Waals surface area contributed by atoms with Crippen molar-refractivity contribution in [2.24, 2.45) is 0 Å². The van der Waals surface area contributed by atoms with Crippen LogP contribution in [0.15, 0.2) is 30.3 Å². The summed E-state index contributed by atoms with van der Waals surface area (Å²) in [5, 5.41) is 4.69. The molecule has 0 N–H and O–H groups in total. The number of para-hydroxylation sites is 1. The average Bonchev–Trinajstić information content (AvgIpc) is 3.24. The monoisotopic (exact) mass is 328 g/mol. The molecule has 6 nitrogen and oxygen atoms in total. The fourth-order valence-corrected chi connectivity index (χ4v) is 3.27. The standard InChI is InChI=1S/C18H20N2O4/c21-18(17-12-22-9-10-23-17)24-11-15-14-7-4-8-16(14)20(19-15)13-5-2-1-3-6-13/h1-3,5-6,17H,4,7-12H2. The summed E-state index contributed by atoms with van der Waals surface area (Å²) in [6.07, 6.45) is 2.48. The van der Waals surface area contributed by atoms with E-state index in [1.54, 1.807) is 0 Å². The van der Waals surface area contributed by atoms with E-state index < -0.39 is 6.10 Å². The Balaban J connectivity index is 1.51. The third-order valence-electron chi connectivity index (χ3n) is 4.44. The molecular formula is C18H20N2O4. The van der Waals surface area contributed by atoms with Crippen molar-refractivity contribution in [1.29, 1.82) is 0 Å². The Morgan fingerprint density at radius 2 is 2.12 bits per heavy atom. The van der Waals surface area contributed by atoms with Gasteiger partial charge in [-0.15, -0.1) is 0 Å². The van der Waals surface area contributed by atoms with Crippen molar-refractivity contribution in [3.05, 3.63) is 47.3 Å². The van der Waals surface area contributed by atoms with Gasteiger partial charge in [0, 0.05) is 11.3 Å². The van der Waals surface area contributed by atoms with Gasteiger partial charge in [-0.1, -0.05) is 18.2 Å². The van der Waals surface area contributed by atoms with Crippen molar-refractivity contribution >= 4 is 5.97 Å². The van der Waals surface area contributed by atoms with Gasteiger partial charge in [-0.2, -0.15) is 5.10 Å². The van der Waals surface area contributed by atoms with Crippen LogP contribution < -0.4 is 0 Å². The maximum Gasteiger partial charge on any atom is 0.338 e. The Kier molecular flexibility index (Phi) is 4.32. The Morgan fingerprint density at radius 3 is 2.92 bits per heavy atom. The number of ether oxygens (including phenoxy) is 3. The zero-order valence-electron chi connectivity index (χ0n) is 13.4. The fraction of sp³-hybridized carbons (Fsp3) is 0.444. The second-order valence-electron chi connectivity index (χ2n) is 6.01. The molecule has 0 bridgehead atoms. The zero-order chi connectivity index (χ0) is 16.4. The van der Waals surface area contributed by atoms with E-state index in [-0.39, 0.29) is 19.2 Å². The molecular weight excluding hydrogens is 308 g/mol. The second-order valence-corrected chi connectivity index (χ2v) is 6.01. The number of nitrogens with zero attached hydrogens (tertiary/aromatic N) is 2. The van der Waals surface area contributed by atoms with Crippen molar-refractivity contribution in [2.75, 3.05) is 19.8 Å². The Labute approximate surface area is 140 Å². The van der Waals surface area contributed by atoms with E-state index in [0.29, 0.717) is 13.2 Å². The molecule has 2 heterocycles. The molecule has 1 fully saturated rings. The summed E-state index contributed by atoms with van der Waals surface area (Å²) < 4.78 is 18.0. The van der Waals surface area contributed by atoms with Crippen LogP contribution in [0.1, 0.15) is 23.4 Å². The first-order chi connectivity index (χ1) is 11.8. The quantitative estimate of drug-likeness (QED) is 0.801. The molecule has 126 valence electrons. The highest BCUT2D eigenvalue weighted by molar-refractivity contribution is 5.75. The number of carbonyl (C=O) groups is 1. The number of carbonyl (C=O) groups excluding carboxylic acids is 1. The molecule has 1 saturated heterocycles. The van der Waals surface area contributed by atoms with Gasteiger partial charge in [0.2, 0.25) is 0 Å². The minimum Gasteiger partial charge on any atom is -0.457 e. The summed E-state index contributed by atoms with van der Waals surface area (Å²) in [6.45, 7) is 1.40. The predicted octanol–water partition coefficient (Wildman–Crippen LogP) is 1.82. The number of benzene rings is 1. The molecule has 0 amide bonds. The Bertz CT molecular complexity index is 720. The summed E-state index contributed by atoms with van der Waals surface area (Å²) in [5.74, 6) is -0.379. The summed E-state index contributed by atoms with van der Waals surface area (Å²) in [5.41, 5.74) is 4.32. The first-order valence-corrected chi connectivity index (χ1v) is 8.34. The summed E-state index contributed by atoms with van der Waals surface area (Å²) in [6, 6.07) is 10.1. The van der Waals surface area contributed by atoms with Gasteiger partial charge in [-0.25, -0.2) is 9.48 Å². The molecule has 0 radical (unpaired) electrons. The Morgan fingerprint density at radius 1 is 1.25 bits per heavy atom. The predicted molar refractivity (Wildman–Crippen MR) is 85.9 cm³/mol. The van der Waals surface area contributed by atoms with E-state index in [0.717, 1.165) is 30.6 Å². The number of fused-ring (bicyclic) bond motifs is 1. The van der Waals surface area contributed by atoms with Crippen LogP contribution >= 0.6 is 0 Å². The van der Waals surface area contributed by atoms with Gasteiger partial charge in [-0.05, 0) is 31.4 Å². The lowest BCUT2D eigenvalue weighted by molar-refractivity contribution is -0.172. The fourth-order valence-electron chi connectivity index (χ4n) is 3.27. The third kappa shape index (κ3) is 2.95. The molecule has 2 aliphatic rings. The molecule has 1 atom stereocenters. The van der Waals surface area contributed by atoms with Gasteiger partial charge in [0.05, 0.1) is 25.5 Å². The normalized spacial score (nSPS) is 19.9. The first-order valence-electron chi connectivity index (χ1n) is 8.34. The van der Waals surface area contributed by atoms with Crippen molar-refractivity contribution in [3.63, 3.8) is 0 Å². The molecule has 2 aromatic rings. The molecule has 4 rings (SSSR count). The van der Waals surface area contributed by atoms with Gasteiger partial charge in [-0.3, -0.25) is 0 Å². The van der Waals surface area contributed by atoms with Crippen LogP contribution in [-0.4, -0.2) is 41.7 Å². The zero-order valence-corrected chi connectivity index (χ0v) is 13.4. The minimum absolute atomic E-state index is 0.181. The molecule has 1 aromatic carbocycles. The van der Waals surface area contributed by atoms with Gasteiger partial charge in [0.25, 0.3) is 0 Å². The largest absolute Gasteiger partial charge is 0.457 e. The SMILES string of the molecule is O=C(OCc1nn(-c2ccccc2)c2c1CCC2)C1COCCO1. The lowest BCUT2D eigenvalue weighted by Crippen LogP contribution is -2.36. The van der Waals surface area contributed by atoms with E-state index >= 15 is 0 Å². The van der Waals surface area contributed by atoms with Crippen LogP contribution in [0.5, 0.6) is 0 Å². The number of hydrogen-bond acceptors (Lipinski definition) is 5. The van der Waals surface area contributed by atoms with E-state index in [2.05, 4.69) is 5.10 Å². The van der Waals surface area contributed by atoms with Crippen molar-refractivity contribution in [2.45, 2.75) is 32.0 Å². The highest BCUT2D eigenvalue weighted by atomic mass is 16.6. The minimum atomic E-state index is -0.622. The number of hydrogen-bond donors (Lipinski definition) is 0. The molecule has 1 aromatic heterocycles. The molecule has 1 unspecified atom stereocenters. The molecule has 0 spiro atoms. The van der Waals surface area contributed by atoms with E-state index in [4.69, 9.17) is 14.2 Å². The van der Waals surface area contributed by atoms with Crippen molar-refractivity contribution in [1.82, 2.24) is 9.78 Å². The maximum absolute atomic E-state index is 12.1. The first kappa shape index (κ1) is 15.4. The van der Waals surface area contributed by atoms with Crippen LogP contribution in [0, 0.1) is 0 Å². The molecule has 6 heteroatoms. The molecule has 24 heavy (non-hydrogen) atoms. The van der Waals surface area contributed by atoms with Crippen LogP contribution in [-0.2, 0) is 38.5 Å². The smallest absolute Gasteiger partial charge is 0.338 e. The third-order valence-corrected chi connectivity index (χ3v) is 4.44. The van der Waals surface area contributed by atoms with Crippen LogP contribution in [0.25, 0.3) is 5.69 Å². The molecule has 0 saturated carbocycles. The molecule has 1 aliphatic heterocycles. The van der Waals surface area contributed by atoms with Gasteiger partial charge < -0.3 is 14.2 Å². The number of esters is 1. The average molecular weight is 328 g/mol. The highest BCUT2D eigenvalue weighted by Gasteiger charge is 2.27. The molecule has 1 aliphatic carbocycles. The number of rotatable bonds is 4. The highest BCUT2D eigenvalue weighted by Crippen LogP contribution is 2.28. The van der Waals surface area contributed by atoms with Crippen LogP contribution in [0.3, 0.4) is 0 Å². The summed E-state index contributed by atoms with van der Waals surface area (Å²) in [4.78, 5) is 12.1. The van der Waals surface area contributed by atoms with Crippen molar-refractivity contribution in [3.8, 4) is 5.69 Å². The summed E-state index contributed by atoms with van der Waals surface area (Å²) in [7, 11) is 0. The van der Waals surface area contributed by atoms with Gasteiger partial charge >= 0.3 is 5.97 Å². The maximum atomic E-state index is 12.1. The van der Waals surface area contributed by atoms with E-state index in [9.17, 15) is 4.79 Å². The van der Waals surface area contributed by atoms with Gasteiger partial charge in [0.15, 0.2) is 6.10 Å². The van der Waals surface area contributed by atoms with E-state index in [1.807, 2.05) is 35.0 Å². The number of aromatic nitrogens is 2. The van der Waals surface area contributed by atoms with Crippen LogP contribution in [0.4, 0.5) is 0 Å². The second kappa shape index (κ2) is 6.75. The summed E-state index contributed by atoms with van der Waals surface area (Å²) >= 11 is 0. The lowest BCUT2D eigenvalue weighted by atomic mass is 10.2. The van der Waals surface area contributed by atoms with Gasteiger partial charge in [0.1, 0.15) is 12.3 Å². The van der Waals surface area contributed by atoms with E-state index in [1.165, 1.54) is 11.3 Å². The van der Waals surface area contributed by atoms with Crippen LogP contribution in [0.2, 0.25) is 0 Å². The topological polar surface area (TPSA) is 62.6 Å². The lowest BCUT2D eigenvalue weighted by Gasteiger charge is -2.21.